The van der Waals surface area contributed by atoms with Crippen molar-refractivity contribution >= 4 is 5.97 Å². The Labute approximate surface area is 98.6 Å². The fourth-order valence-corrected chi connectivity index (χ4v) is 1.69. The average Bonchev–Trinajstić information content (AvgIpc) is 2.40. The summed E-state index contributed by atoms with van der Waals surface area (Å²) in [5.74, 6) is -0.879. The zero-order chi connectivity index (χ0) is 12.1. The van der Waals surface area contributed by atoms with Gasteiger partial charge in [-0.2, -0.15) is 0 Å². The first-order valence-corrected chi connectivity index (χ1v) is 5.25. The van der Waals surface area contributed by atoms with Gasteiger partial charge in [-0.05, 0) is 16.7 Å². The molecule has 0 aromatic heterocycles. The number of hydrogen-bond donors (Lipinski definition) is 0. The first-order chi connectivity index (χ1) is 8.29. The molecule has 17 heavy (non-hydrogen) atoms. The summed E-state index contributed by atoms with van der Waals surface area (Å²) in [5.41, 5.74) is 2.78. The minimum atomic E-state index is -0.879. The van der Waals surface area contributed by atoms with Crippen molar-refractivity contribution in [1.29, 1.82) is 0 Å². The van der Waals surface area contributed by atoms with Gasteiger partial charge in [0.25, 0.3) is 0 Å². The van der Waals surface area contributed by atoms with Crippen LogP contribution in [0, 0.1) is 0 Å². The van der Waals surface area contributed by atoms with Crippen molar-refractivity contribution in [2.75, 3.05) is 0 Å². The molecule has 2 aromatic rings. The molecule has 0 radical (unpaired) electrons. The summed E-state index contributed by atoms with van der Waals surface area (Å²) in [5, 5.41) is 0. The Morgan fingerprint density at radius 1 is 1.00 bits per heavy atom. The fourth-order valence-electron chi connectivity index (χ4n) is 1.69. The second-order valence-corrected chi connectivity index (χ2v) is 3.69. The van der Waals surface area contributed by atoms with Crippen LogP contribution in [0.25, 0.3) is 11.1 Å². The normalized spacial score (nSPS) is 9.94. The summed E-state index contributed by atoms with van der Waals surface area (Å²) in [6, 6.07) is 17.2. The third-order valence-electron chi connectivity index (χ3n) is 2.47. The molecule has 86 valence electrons. The van der Waals surface area contributed by atoms with E-state index >= 15 is 0 Å². The smallest absolute Gasteiger partial charge is 0.255 e. The van der Waals surface area contributed by atoms with Gasteiger partial charge in [-0.3, -0.25) is 4.94 Å². The van der Waals surface area contributed by atoms with Crippen molar-refractivity contribution in [2.45, 2.75) is 6.42 Å². The van der Waals surface area contributed by atoms with Gasteiger partial charge in [0.15, 0.2) is 0 Å². The van der Waals surface area contributed by atoms with Gasteiger partial charge < -0.3 is 0 Å². The molecule has 0 aliphatic carbocycles. The van der Waals surface area contributed by atoms with E-state index in [0.29, 0.717) is 0 Å². The van der Waals surface area contributed by atoms with Crippen LogP contribution in [0.1, 0.15) is 5.56 Å². The third-order valence-corrected chi connectivity index (χ3v) is 2.47. The standard InChI is InChI=1S/C14H11FO2/c15-17-14(16)10-11-5-4-8-13(9-11)12-6-2-1-3-7-12/h1-9H,10H2. The predicted molar refractivity (Wildman–Crippen MR) is 62.8 cm³/mol. The molecule has 2 rings (SSSR count). The van der Waals surface area contributed by atoms with Crippen molar-refractivity contribution in [3.63, 3.8) is 0 Å². The monoisotopic (exact) mass is 230 g/mol. The Morgan fingerprint density at radius 3 is 2.41 bits per heavy atom. The third kappa shape index (κ3) is 2.91. The van der Waals surface area contributed by atoms with E-state index < -0.39 is 5.97 Å². The highest BCUT2D eigenvalue weighted by Gasteiger charge is 2.06. The molecule has 2 nitrogen and oxygen atoms in total. The molecule has 0 fully saturated rings. The Balaban J connectivity index is 2.26. The lowest BCUT2D eigenvalue weighted by Crippen LogP contribution is -2.02. The molecular weight excluding hydrogens is 219 g/mol. The minimum Gasteiger partial charge on any atom is -0.255 e. The molecule has 0 saturated carbocycles. The number of carbonyl (C=O) groups is 1. The Kier molecular flexibility index (Phi) is 3.50. The maximum Gasteiger partial charge on any atom is 0.353 e. The largest absolute Gasteiger partial charge is 0.353 e. The topological polar surface area (TPSA) is 26.3 Å². The summed E-state index contributed by atoms with van der Waals surface area (Å²) in [4.78, 5) is 14.0. The highest BCUT2D eigenvalue weighted by Crippen LogP contribution is 2.20. The summed E-state index contributed by atoms with van der Waals surface area (Å²) in [6.07, 6.45) is -0.0584. The van der Waals surface area contributed by atoms with E-state index in [4.69, 9.17) is 0 Å². The van der Waals surface area contributed by atoms with Crippen LogP contribution in [0.15, 0.2) is 54.6 Å². The van der Waals surface area contributed by atoms with Crippen LogP contribution in [-0.4, -0.2) is 5.97 Å². The zero-order valence-electron chi connectivity index (χ0n) is 9.10. The van der Waals surface area contributed by atoms with E-state index in [1.54, 1.807) is 6.07 Å². The van der Waals surface area contributed by atoms with Crippen molar-refractivity contribution in [1.82, 2.24) is 0 Å². The lowest BCUT2D eigenvalue weighted by Gasteiger charge is -2.03. The van der Waals surface area contributed by atoms with Gasteiger partial charge >= 0.3 is 5.97 Å². The van der Waals surface area contributed by atoms with Gasteiger partial charge in [-0.1, -0.05) is 54.6 Å². The second-order valence-electron chi connectivity index (χ2n) is 3.69. The van der Waals surface area contributed by atoms with Crippen molar-refractivity contribution < 1.29 is 14.3 Å². The lowest BCUT2D eigenvalue weighted by molar-refractivity contribution is -0.182. The number of rotatable bonds is 3. The lowest BCUT2D eigenvalue weighted by atomic mass is 10.0. The van der Waals surface area contributed by atoms with Crippen molar-refractivity contribution in [3.8, 4) is 11.1 Å². The molecule has 0 spiro atoms. The molecule has 0 atom stereocenters. The molecule has 0 unspecified atom stereocenters. The van der Waals surface area contributed by atoms with E-state index in [1.165, 1.54) is 0 Å². The quantitative estimate of drug-likeness (QED) is 0.808. The minimum absolute atomic E-state index is 0.0584. The molecule has 3 heteroatoms. The maximum atomic E-state index is 11.6. The second kappa shape index (κ2) is 5.25. The fraction of sp³-hybridized carbons (Fsp3) is 0.0714. The predicted octanol–water partition coefficient (Wildman–Crippen LogP) is 3.32. The Morgan fingerprint density at radius 2 is 1.71 bits per heavy atom. The van der Waals surface area contributed by atoms with E-state index in [2.05, 4.69) is 4.94 Å². The zero-order valence-corrected chi connectivity index (χ0v) is 9.10. The Bertz CT molecular complexity index is 509. The maximum absolute atomic E-state index is 11.6. The van der Waals surface area contributed by atoms with E-state index in [1.807, 2.05) is 48.5 Å². The van der Waals surface area contributed by atoms with Crippen LogP contribution in [0.5, 0.6) is 0 Å². The molecule has 0 bridgehead atoms. The summed E-state index contributed by atoms with van der Waals surface area (Å²) in [6.45, 7) is 0. The number of carbonyl (C=O) groups excluding carboxylic acids is 1. The summed E-state index contributed by atoms with van der Waals surface area (Å²) in [7, 11) is 0. The average molecular weight is 230 g/mol. The number of halogens is 1. The van der Waals surface area contributed by atoms with E-state index in [-0.39, 0.29) is 6.42 Å². The van der Waals surface area contributed by atoms with Gasteiger partial charge in [-0.25, -0.2) is 4.79 Å². The van der Waals surface area contributed by atoms with Gasteiger partial charge in [-0.15, -0.1) is 0 Å². The highest BCUT2D eigenvalue weighted by atomic mass is 19.3. The van der Waals surface area contributed by atoms with Crippen molar-refractivity contribution in [3.05, 3.63) is 60.2 Å². The number of benzene rings is 2. The molecule has 0 amide bonds. The number of hydrogen-bond acceptors (Lipinski definition) is 2. The van der Waals surface area contributed by atoms with E-state index in [0.717, 1.165) is 16.7 Å². The molecule has 0 N–H and O–H groups in total. The summed E-state index contributed by atoms with van der Waals surface area (Å²) >= 11 is 0. The highest BCUT2D eigenvalue weighted by molar-refractivity contribution is 5.73. The molecular formula is C14H11FO2. The van der Waals surface area contributed by atoms with E-state index in [9.17, 15) is 9.32 Å². The molecule has 2 aromatic carbocycles. The molecule has 0 heterocycles. The summed E-state index contributed by atoms with van der Waals surface area (Å²) < 4.78 is 11.6. The first kappa shape index (κ1) is 11.3. The van der Waals surface area contributed by atoms with Crippen LogP contribution in [0.3, 0.4) is 0 Å². The van der Waals surface area contributed by atoms with Crippen LogP contribution < -0.4 is 0 Å². The molecule has 0 saturated heterocycles. The van der Waals surface area contributed by atoms with Gasteiger partial charge in [0.2, 0.25) is 0 Å². The van der Waals surface area contributed by atoms with Crippen LogP contribution in [0.4, 0.5) is 4.53 Å². The van der Waals surface area contributed by atoms with Gasteiger partial charge in [0, 0.05) is 4.53 Å². The van der Waals surface area contributed by atoms with Crippen LogP contribution in [-0.2, 0) is 16.2 Å². The van der Waals surface area contributed by atoms with Crippen LogP contribution in [0.2, 0.25) is 0 Å². The van der Waals surface area contributed by atoms with Gasteiger partial charge in [0.1, 0.15) is 0 Å². The van der Waals surface area contributed by atoms with Crippen molar-refractivity contribution in [2.24, 2.45) is 0 Å². The van der Waals surface area contributed by atoms with Gasteiger partial charge in [0.05, 0.1) is 6.42 Å². The molecule has 0 aliphatic heterocycles. The first-order valence-electron chi connectivity index (χ1n) is 5.25. The SMILES string of the molecule is O=C(Cc1cccc(-c2ccccc2)c1)OF. The Hall–Kier alpha value is -2.16. The van der Waals surface area contributed by atoms with Crippen LogP contribution >= 0.6 is 0 Å². The molecule has 0 aliphatic rings.